The summed E-state index contributed by atoms with van der Waals surface area (Å²) < 4.78 is 5.37. The van der Waals surface area contributed by atoms with E-state index in [0.29, 0.717) is 10.8 Å². The summed E-state index contributed by atoms with van der Waals surface area (Å²) in [6.07, 6.45) is 1.83. The van der Waals surface area contributed by atoms with E-state index >= 15 is 0 Å². The van der Waals surface area contributed by atoms with Crippen LogP contribution in [0.25, 0.3) is 6.08 Å². The molecule has 104 valence electrons. The van der Waals surface area contributed by atoms with Crippen LogP contribution in [0.3, 0.4) is 0 Å². The predicted octanol–water partition coefficient (Wildman–Crippen LogP) is 0.868. The van der Waals surface area contributed by atoms with E-state index in [0.717, 1.165) is 37.6 Å². The molecule has 0 bridgehead atoms. The molecule has 0 spiro atoms. The molecule has 0 atom stereocenters. The van der Waals surface area contributed by atoms with E-state index in [2.05, 4.69) is 21.6 Å². The number of carbonyl (C=O) groups is 1. The highest BCUT2D eigenvalue weighted by Crippen LogP contribution is 2.23. The number of amides is 1. The van der Waals surface area contributed by atoms with Gasteiger partial charge in [0.05, 0.1) is 13.2 Å². The summed E-state index contributed by atoms with van der Waals surface area (Å²) in [5.74, 6) is -0.188. The molecule has 2 aliphatic rings. The molecular formula is C14H15N3O2S. The number of benzene rings is 1. The molecule has 3 rings (SSSR count). The number of hydrogen-bond donors (Lipinski definition) is 2. The highest BCUT2D eigenvalue weighted by molar-refractivity contribution is 7.80. The second kappa shape index (κ2) is 5.60. The van der Waals surface area contributed by atoms with E-state index < -0.39 is 0 Å². The zero-order valence-corrected chi connectivity index (χ0v) is 11.7. The summed E-state index contributed by atoms with van der Waals surface area (Å²) in [4.78, 5) is 14.0. The molecule has 2 aliphatic heterocycles. The van der Waals surface area contributed by atoms with Crippen molar-refractivity contribution in [3.05, 3.63) is 35.5 Å². The summed E-state index contributed by atoms with van der Waals surface area (Å²) in [7, 11) is 0. The normalized spacial score (nSPS) is 21.0. The van der Waals surface area contributed by atoms with Gasteiger partial charge in [-0.1, -0.05) is 18.2 Å². The molecule has 1 amide bonds. The van der Waals surface area contributed by atoms with Crippen LogP contribution in [0.1, 0.15) is 5.56 Å². The lowest BCUT2D eigenvalue weighted by molar-refractivity contribution is -0.115. The molecule has 1 aromatic carbocycles. The van der Waals surface area contributed by atoms with Gasteiger partial charge < -0.3 is 15.0 Å². The Labute approximate surface area is 122 Å². The third-order valence-corrected chi connectivity index (χ3v) is 3.51. The van der Waals surface area contributed by atoms with Gasteiger partial charge in [-0.25, -0.2) is 0 Å². The lowest BCUT2D eigenvalue weighted by atomic mass is 10.1. The number of nitrogens with one attached hydrogen (secondary N) is 2. The predicted molar refractivity (Wildman–Crippen MR) is 81.3 cm³/mol. The molecular weight excluding hydrogens is 274 g/mol. The first-order valence-electron chi connectivity index (χ1n) is 6.50. The smallest absolute Gasteiger partial charge is 0.273 e. The van der Waals surface area contributed by atoms with Gasteiger partial charge in [-0.05, 0) is 24.4 Å². The molecule has 1 aromatic rings. The summed E-state index contributed by atoms with van der Waals surface area (Å²) in [6.45, 7) is 3.18. The van der Waals surface area contributed by atoms with Crippen molar-refractivity contribution in [1.82, 2.24) is 10.6 Å². The number of nitrogens with zero attached hydrogens (tertiary/aromatic N) is 1. The van der Waals surface area contributed by atoms with Gasteiger partial charge in [-0.15, -0.1) is 0 Å². The number of para-hydroxylation sites is 1. The fraction of sp³-hybridized carbons (Fsp3) is 0.286. The van der Waals surface area contributed by atoms with Crippen LogP contribution >= 0.6 is 12.2 Å². The maximum absolute atomic E-state index is 11.7. The molecule has 5 nitrogen and oxygen atoms in total. The third-order valence-electron chi connectivity index (χ3n) is 3.31. The fourth-order valence-electron chi connectivity index (χ4n) is 2.34. The van der Waals surface area contributed by atoms with Gasteiger partial charge in [-0.3, -0.25) is 10.1 Å². The Morgan fingerprint density at radius 2 is 1.95 bits per heavy atom. The van der Waals surface area contributed by atoms with Crippen molar-refractivity contribution in [3.63, 3.8) is 0 Å². The van der Waals surface area contributed by atoms with E-state index in [9.17, 15) is 4.79 Å². The van der Waals surface area contributed by atoms with Crippen molar-refractivity contribution in [1.29, 1.82) is 0 Å². The van der Waals surface area contributed by atoms with Gasteiger partial charge in [0, 0.05) is 24.3 Å². The number of rotatable bonds is 2. The number of thiocarbonyl (C=S) groups is 1. The Kier molecular flexibility index (Phi) is 3.66. The Balaban J connectivity index is 1.91. The summed E-state index contributed by atoms with van der Waals surface area (Å²) in [6, 6.07) is 8.01. The van der Waals surface area contributed by atoms with Gasteiger partial charge >= 0.3 is 0 Å². The number of anilines is 1. The van der Waals surface area contributed by atoms with E-state index in [-0.39, 0.29) is 5.91 Å². The maximum Gasteiger partial charge on any atom is 0.273 e. The highest BCUT2D eigenvalue weighted by Gasteiger charge is 2.21. The Hall–Kier alpha value is -1.92. The van der Waals surface area contributed by atoms with Gasteiger partial charge in [0.1, 0.15) is 5.70 Å². The topological polar surface area (TPSA) is 53.6 Å². The second-order valence-corrected chi connectivity index (χ2v) is 5.03. The Morgan fingerprint density at radius 3 is 2.65 bits per heavy atom. The zero-order chi connectivity index (χ0) is 13.9. The van der Waals surface area contributed by atoms with Crippen molar-refractivity contribution in [3.8, 4) is 0 Å². The summed E-state index contributed by atoms with van der Waals surface area (Å²) in [5, 5.41) is 5.79. The van der Waals surface area contributed by atoms with Gasteiger partial charge in [0.25, 0.3) is 5.91 Å². The SMILES string of the molecule is O=C1NC(=S)NC1=Cc1ccccc1N1CCOCC1. The molecule has 0 unspecified atom stereocenters. The van der Waals surface area contributed by atoms with Crippen molar-refractivity contribution < 1.29 is 9.53 Å². The lowest BCUT2D eigenvalue weighted by Gasteiger charge is -2.30. The van der Waals surface area contributed by atoms with Gasteiger partial charge in [0.2, 0.25) is 0 Å². The van der Waals surface area contributed by atoms with Gasteiger partial charge in [0.15, 0.2) is 5.11 Å². The monoisotopic (exact) mass is 289 g/mol. The third kappa shape index (κ3) is 2.66. The standard InChI is InChI=1S/C14H15N3O2S/c18-13-11(15-14(20)16-13)9-10-3-1-2-4-12(10)17-5-7-19-8-6-17/h1-4,9H,5-8H2,(H2,15,16,18,20). The summed E-state index contributed by atoms with van der Waals surface area (Å²) in [5.41, 5.74) is 2.59. The van der Waals surface area contributed by atoms with Crippen molar-refractivity contribution in [2.45, 2.75) is 0 Å². The number of hydrogen-bond acceptors (Lipinski definition) is 4. The highest BCUT2D eigenvalue weighted by atomic mass is 32.1. The first kappa shape index (κ1) is 13.1. The van der Waals surface area contributed by atoms with Gasteiger partial charge in [-0.2, -0.15) is 0 Å². The van der Waals surface area contributed by atoms with Crippen molar-refractivity contribution in [2.75, 3.05) is 31.2 Å². The van der Waals surface area contributed by atoms with Crippen LogP contribution in [0.2, 0.25) is 0 Å². The van der Waals surface area contributed by atoms with Crippen LogP contribution in [-0.2, 0) is 9.53 Å². The molecule has 2 heterocycles. The zero-order valence-electron chi connectivity index (χ0n) is 10.9. The molecule has 2 fully saturated rings. The first-order chi connectivity index (χ1) is 9.74. The lowest BCUT2D eigenvalue weighted by Crippen LogP contribution is -2.36. The minimum absolute atomic E-state index is 0.188. The average Bonchev–Trinajstić information content (AvgIpc) is 2.78. The molecule has 0 aliphatic carbocycles. The van der Waals surface area contributed by atoms with Crippen molar-refractivity contribution >= 4 is 35.0 Å². The molecule has 2 saturated heterocycles. The second-order valence-electron chi connectivity index (χ2n) is 4.62. The van der Waals surface area contributed by atoms with E-state index in [1.54, 1.807) is 0 Å². The Bertz CT molecular complexity index is 580. The molecule has 2 N–H and O–H groups in total. The largest absolute Gasteiger partial charge is 0.378 e. The maximum atomic E-state index is 11.7. The fourth-order valence-corrected chi connectivity index (χ4v) is 2.54. The van der Waals surface area contributed by atoms with Crippen LogP contribution in [0, 0.1) is 0 Å². The minimum Gasteiger partial charge on any atom is -0.378 e. The van der Waals surface area contributed by atoms with Crippen LogP contribution in [-0.4, -0.2) is 37.3 Å². The summed E-state index contributed by atoms with van der Waals surface area (Å²) >= 11 is 4.94. The minimum atomic E-state index is -0.188. The van der Waals surface area contributed by atoms with E-state index in [1.165, 1.54) is 0 Å². The number of ether oxygens (including phenoxy) is 1. The molecule has 0 saturated carbocycles. The quantitative estimate of drug-likeness (QED) is 0.625. The molecule has 0 radical (unpaired) electrons. The van der Waals surface area contributed by atoms with E-state index in [1.807, 2.05) is 24.3 Å². The van der Waals surface area contributed by atoms with Crippen LogP contribution in [0.5, 0.6) is 0 Å². The molecule has 20 heavy (non-hydrogen) atoms. The van der Waals surface area contributed by atoms with Crippen molar-refractivity contribution in [2.24, 2.45) is 0 Å². The number of morpholine rings is 1. The van der Waals surface area contributed by atoms with Crippen LogP contribution in [0.4, 0.5) is 5.69 Å². The number of carbonyl (C=O) groups excluding carboxylic acids is 1. The van der Waals surface area contributed by atoms with Crippen LogP contribution < -0.4 is 15.5 Å². The van der Waals surface area contributed by atoms with E-state index in [4.69, 9.17) is 17.0 Å². The van der Waals surface area contributed by atoms with Crippen LogP contribution in [0.15, 0.2) is 30.0 Å². The Morgan fingerprint density at radius 1 is 1.20 bits per heavy atom. The molecule has 6 heteroatoms. The average molecular weight is 289 g/mol. The first-order valence-corrected chi connectivity index (χ1v) is 6.90. The molecule has 0 aromatic heterocycles.